The largest absolute Gasteiger partial charge is 0.481 e. The van der Waals surface area contributed by atoms with E-state index >= 15 is 0 Å². The van der Waals surface area contributed by atoms with Crippen molar-refractivity contribution in [3.63, 3.8) is 0 Å². The Bertz CT molecular complexity index is 395. The van der Waals surface area contributed by atoms with Crippen LogP contribution in [0.5, 0.6) is 0 Å². The highest BCUT2D eigenvalue weighted by atomic mass is 35.5. The maximum atomic E-state index is 10.5. The van der Waals surface area contributed by atoms with E-state index in [1.807, 2.05) is 6.07 Å². The number of methoxy groups -OCH3 is 1. The quantitative estimate of drug-likeness (QED) is 0.821. The molecule has 0 saturated carbocycles. The summed E-state index contributed by atoms with van der Waals surface area (Å²) in [5, 5.41) is 9.22. The summed E-state index contributed by atoms with van der Waals surface area (Å²) in [5.41, 5.74) is 7.75. The maximum Gasteiger partial charge on any atom is 0.303 e. The molecule has 0 radical (unpaired) electrons. The fourth-order valence-electron chi connectivity index (χ4n) is 1.63. The minimum absolute atomic E-state index is 0.0418. The van der Waals surface area contributed by atoms with E-state index in [4.69, 9.17) is 27.2 Å². The van der Waals surface area contributed by atoms with Gasteiger partial charge < -0.3 is 15.6 Å². The topological polar surface area (TPSA) is 72.5 Å². The van der Waals surface area contributed by atoms with Gasteiger partial charge >= 0.3 is 5.97 Å². The van der Waals surface area contributed by atoms with Gasteiger partial charge in [-0.2, -0.15) is 0 Å². The summed E-state index contributed by atoms with van der Waals surface area (Å²) in [6, 6.07) is 5.04. The summed E-state index contributed by atoms with van der Waals surface area (Å²) in [6.07, 6.45) is 0.423. The van der Waals surface area contributed by atoms with Crippen LogP contribution in [-0.4, -0.2) is 18.2 Å². The molecule has 0 spiro atoms. The number of nitrogens with two attached hydrogens (primary N) is 1. The first-order valence-corrected chi connectivity index (χ1v) is 5.67. The fourth-order valence-corrected chi connectivity index (χ4v) is 1.81. The second-order valence-electron chi connectivity index (χ2n) is 3.82. The van der Waals surface area contributed by atoms with E-state index in [1.54, 1.807) is 19.2 Å². The molecule has 1 aromatic rings. The number of rotatable bonds is 6. The average molecular weight is 258 g/mol. The van der Waals surface area contributed by atoms with Gasteiger partial charge in [0.2, 0.25) is 0 Å². The maximum absolute atomic E-state index is 10.5. The molecule has 0 fully saturated rings. The molecule has 3 N–H and O–H groups in total. The summed E-state index contributed by atoms with van der Waals surface area (Å²) in [4.78, 5) is 10.5. The van der Waals surface area contributed by atoms with E-state index in [0.717, 1.165) is 11.1 Å². The Morgan fingerprint density at radius 1 is 1.59 bits per heavy atom. The molecule has 17 heavy (non-hydrogen) atoms. The van der Waals surface area contributed by atoms with Crippen molar-refractivity contribution >= 4 is 17.6 Å². The lowest BCUT2D eigenvalue weighted by atomic mass is 9.98. The molecule has 1 atom stereocenters. The third-order valence-corrected chi connectivity index (χ3v) is 2.71. The van der Waals surface area contributed by atoms with Crippen LogP contribution < -0.4 is 5.73 Å². The Kier molecular flexibility index (Phi) is 5.41. The number of carboxylic acid groups (broad SMARTS) is 1. The predicted octanol–water partition coefficient (Wildman–Crippen LogP) is 2.35. The Balaban J connectivity index is 2.85. The van der Waals surface area contributed by atoms with E-state index < -0.39 is 5.97 Å². The van der Waals surface area contributed by atoms with Gasteiger partial charge in [0.25, 0.3) is 0 Å². The van der Waals surface area contributed by atoms with E-state index in [1.165, 1.54) is 0 Å². The van der Waals surface area contributed by atoms with E-state index in [-0.39, 0.29) is 12.5 Å². The molecule has 0 aromatic heterocycles. The molecular weight excluding hydrogens is 242 g/mol. The third kappa shape index (κ3) is 4.34. The van der Waals surface area contributed by atoms with Gasteiger partial charge in [0.15, 0.2) is 0 Å². The smallest absolute Gasteiger partial charge is 0.303 e. The minimum Gasteiger partial charge on any atom is -0.481 e. The van der Waals surface area contributed by atoms with E-state index in [2.05, 4.69) is 0 Å². The Hall–Kier alpha value is -1.10. The Morgan fingerprint density at radius 2 is 2.29 bits per heavy atom. The second kappa shape index (κ2) is 6.59. The highest BCUT2D eigenvalue weighted by Crippen LogP contribution is 2.24. The number of hydrogen-bond acceptors (Lipinski definition) is 3. The van der Waals surface area contributed by atoms with Crippen LogP contribution >= 0.6 is 11.6 Å². The number of ether oxygens (including phenoxy) is 1. The van der Waals surface area contributed by atoms with Crippen molar-refractivity contribution in [2.45, 2.75) is 25.5 Å². The molecule has 0 aliphatic heterocycles. The van der Waals surface area contributed by atoms with Crippen molar-refractivity contribution in [2.75, 3.05) is 7.11 Å². The molecule has 94 valence electrons. The number of carbonyl (C=O) groups is 1. The summed E-state index contributed by atoms with van der Waals surface area (Å²) >= 11 is 5.91. The van der Waals surface area contributed by atoms with Crippen LogP contribution in [0, 0.1) is 0 Å². The zero-order chi connectivity index (χ0) is 12.8. The molecule has 4 nitrogen and oxygen atoms in total. The second-order valence-corrected chi connectivity index (χ2v) is 4.25. The zero-order valence-electron chi connectivity index (χ0n) is 9.65. The first kappa shape index (κ1) is 14.0. The van der Waals surface area contributed by atoms with Crippen molar-refractivity contribution in [2.24, 2.45) is 5.73 Å². The van der Waals surface area contributed by atoms with Gasteiger partial charge in [-0.15, -0.1) is 0 Å². The highest BCUT2D eigenvalue weighted by molar-refractivity contribution is 6.30. The average Bonchev–Trinajstić information content (AvgIpc) is 2.28. The van der Waals surface area contributed by atoms with Gasteiger partial charge in [0, 0.05) is 24.6 Å². The molecule has 0 aliphatic carbocycles. The van der Waals surface area contributed by atoms with Crippen LogP contribution in [0.2, 0.25) is 5.02 Å². The molecule has 0 bridgehead atoms. The standard InChI is InChI=1S/C12H16ClNO3/c1-17-7-8-2-3-9(13)6-10(8)11(14)4-5-12(15)16/h2-3,6,11H,4-5,7,14H2,1H3,(H,15,16). The first-order chi connectivity index (χ1) is 8.04. The Labute approximate surface area is 105 Å². The van der Waals surface area contributed by atoms with Gasteiger partial charge in [-0.25, -0.2) is 0 Å². The van der Waals surface area contributed by atoms with Crippen LogP contribution in [0.25, 0.3) is 0 Å². The monoisotopic (exact) mass is 257 g/mol. The summed E-state index contributed by atoms with van der Waals surface area (Å²) in [7, 11) is 1.60. The molecule has 0 aliphatic rings. The van der Waals surface area contributed by atoms with Crippen LogP contribution in [0.15, 0.2) is 18.2 Å². The molecule has 0 amide bonds. The van der Waals surface area contributed by atoms with Crippen molar-refractivity contribution in [3.8, 4) is 0 Å². The number of benzene rings is 1. The summed E-state index contributed by atoms with van der Waals surface area (Å²) in [6.45, 7) is 0.438. The van der Waals surface area contributed by atoms with Crippen molar-refractivity contribution < 1.29 is 14.6 Å². The molecule has 1 rings (SSSR count). The number of carboxylic acids is 1. The van der Waals surface area contributed by atoms with Crippen LogP contribution in [0.3, 0.4) is 0 Å². The van der Waals surface area contributed by atoms with Crippen LogP contribution in [-0.2, 0) is 16.1 Å². The molecule has 0 heterocycles. The summed E-state index contributed by atoms with van der Waals surface area (Å²) in [5.74, 6) is -0.851. The molecular formula is C12H16ClNO3. The first-order valence-electron chi connectivity index (χ1n) is 5.29. The van der Waals surface area contributed by atoms with Crippen molar-refractivity contribution in [1.29, 1.82) is 0 Å². The van der Waals surface area contributed by atoms with Gasteiger partial charge in [0.1, 0.15) is 0 Å². The SMILES string of the molecule is COCc1ccc(Cl)cc1C(N)CCC(=O)O. The molecule has 1 aromatic carbocycles. The van der Waals surface area contributed by atoms with Crippen molar-refractivity contribution in [3.05, 3.63) is 34.3 Å². The lowest BCUT2D eigenvalue weighted by Gasteiger charge is -2.16. The lowest BCUT2D eigenvalue weighted by molar-refractivity contribution is -0.137. The predicted molar refractivity (Wildman–Crippen MR) is 66.0 cm³/mol. The number of aliphatic carboxylic acids is 1. The Morgan fingerprint density at radius 3 is 2.88 bits per heavy atom. The minimum atomic E-state index is -0.851. The normalized spacial score (nSPS) is 12.4. The van der Waals surface area contributed by atoms with Crippen molar-refractivity contribution in [1.82, 2.24) is 0 Å². The van der Waals surface area contributed by atoms with Crippen LogP contribution in [0.4, 0.5) is 0 Å². The molecule has 1 unspecified atom stereocenters. The number of hydrogen-bond donors (Lipinski definition) is 2. The highest BCUT2D eigenvalue weighted by Gasteiger charge is 2.13. The molecule has 5 heteroatoms. The molecule has 0 saturated heterocycles. The lowest BCUT2D eigenvalue weighted by Crippen LogP contribution is -2.14. The number of halogens is 1. The van der Waals surface area contributed by atoms with E-state index in [9.17, 15) is 4.79 Å². The van der Waals surface area contributed by atoms with E-state index in [0.29, 0.717) is 18.1 Å². The van der Waals surface area contributed by atoms with Gasteiger partial charge in [-0.3, -0.25) is 4.79 Å². The third-order valence-electron chi connectivity index (χ3n) is 2.48. The van der Waals surface area contributed by atoms with Gasteiger partial charge in [0.05, 0.1) is 6.61 Å². The van der Waals surface area contributed by atoms with Gasteiger partial charge in [-0.1, -0.05) is 17.7 Å². The summed E-state index contributed by atoms with van der Waals surface area (Å²) < 4.78 is 5.07. The fraction of sp³-hybridized carbons (Fsp3) is 0.417. The van der Waals surface area contributed by atoms with Crippen LogP contribution in [0.1, 0.15) is 30.0 Å². The zero-order valence-corrected chi connectivity index (χ0v) is 10.4. The van der Waals surface area contributed by atoms with Gasteiger partial charge in [-0.05, 0) is 29.7 Å².